The van der Waals surface area contributed by atoms with Crippen LogP contribution in [0.3, 0.4) is 0 Å². The largest absolute Gasteiger partial charge is 0.436 e. The molecule has 0 spiro atoms. The van der Waals surface area contributed by atoms with Crippen molar-refractivity contribution in [2.75, 3.05) is 0 Å². The SMILES string of the molecule is Fc1cccc(F)c1Cn1cc(Br)c(C(F)(F)F)n1. The molecule has 0 unspecified atom stereocenters. The van der Waals surface area contributed by atoms with Gasteiger partial charge in [0.2, 0.25) is 0 Å². The van der Waals surface area contributed by atoms with E-state index in [2.05, 4.69) is 21.0 Å². The number of hydrogen-bond donors (Lipinski definition) is 0. The Balaban J connectivity index is 2.35. The van der Waals surface area contributed by atoms with E-state index in [1.807, 2.05) is 0 Å². The van der Waals surface area contributed by atoms with Gasteiger partial charge in [-0.1, -0.05) is 6.07 Å². The quantitative estimate of drug-likeness (QED) is 0.756. The van der Waals surface area contributed by atoms with Crippen molar-refractivity contribution >= 4 is 15.9 Å². The summed E-state index contributed by atoms with van der Waals surface area (Å²) in [6.45, 7) is -0.423. The number of aromatic nitrogens is 2. The molecule has 1 aromatic heterocycles. The summed E-state index contributed by atoms with van der Waals surface area (Å²) >= 11 is 2.71. The normalized spacial score (nSPS) is 11.9. The molecule has 0 bridgehead atoms. The second-order valence-corrected chi connectivity index (χ2v) is 4.58. The molecular weight excluding hydrogens is 335 g/mol. The summed E-state index contributed by atoms with van der Waals surface area (Å²) in [5.74, 6) is -1.67. The topological polar surface area (TPSA) is 17.8 Å². The van der Waals surface area contributed by atoms with Gasteiger partial charge in [-0.2, -0.15) is 18.3 Å². The average Bonchev–Trinajstić information content (AvgIpc) is 2.65. The molecular formula is C11H6BrF5N2. The molecule has 0 radical (unpaired) electrons. The predicted molar refractivity (Wildman–Crippen MR) is 60.4 cm³/mol. The lowest BCUT2D eigenvalue weighted by Crippen LogP contribution is -2.10. The highest BCUT2D eigenvalue weighted by molar-refractivity contribution is 9.10. The van der Waals surface area contributed by atoms with Crippen molar-refractivity contribution in [2.45, 2.75) is 12.7 Å². The summed E-state index contributed by atoms with van der Waals surface area (Å²) < 4.78 is 64.8. The molecule has 0 amide bonds. The number of benzene rings is 1. The van der Waals surface area contributed by atoms with E-state index in [9.17, 15) is 22.0 Å². The Bertz CT molecular complexity index is 585. The van der Waals surface area contributed by atoms with Crippen molar-refractivity contribution in [2.24, 2.45) is 0 Å². The van der Waals surface area contributed by atoms with Crippen LogP contribution in [-0.4, -0.2) is 9.78 Å². The minimum atomic E-state index is -4.63. The van der Waals surface area contributed by atoms with Crippen LogP contribution < -0.4 is 0 Å². The molecule has 0 saturated carbocycles. The van der Waals surface area contributed by atoms with E-state index >= 15 is 0 Å². The van der Waals surface area contributed by atoms with Crippen LogP contribution >= 0.6 is 15.9 Å². The van der Waals surface area contributed by atoms with E-state index in [1.54, 1.807) is 0 Å². The van der Waals surface area contributed by atoms with Gasteiger partial charge in [-0.05, 0) is 28.1 Å². The maximum Gasteiger partial charge on any atom is 0.436 e. The fourth-order valence-electron chi connectivity index (χ4n) is 1.52. The molecule has 0 N–H and O–H groups in total. The first kappa shape index (κ1) is 14.0. The van der Waals surface area contributed by atoms with Crippen LogP contribution in [-0.2, 0) is 12.7 Å². The Morgan fingerprint density at radius 2 is 1.74 bits per heavy atom. The van der Waals surface area contributed by atoms with Gasteiger partial charge in [0.15, 0.2) is 5.69 Å². The van der Waals surface area contributed by atoms with Crippen LogP contribution in [0.2, 0.25) is 0 Å². The van der Waals surface area contributed by atoms with Crippen LogP contribution in [0.5, 0.6) is 0 Å². The molecule has 0 aliphatic carbocycles. The maximum atomic E-state index is 13.4. The summed E-state index contributed by atoms with van der Waals surface area (Å²) in [7, 11) is 0. The molecule has 102 valence electrons. The van der Waals surface area contributed by atoms with Crippen LogP contribution in [0.25, 0.3) is 0 Å². The van der Waals surface area contributed by atoms with Crippen molar-refractivity contribution in [3.8, 4) is 0 Å². The van der Waals surface area contributed by atoms with Crippen molar-refractivity contribution in [1.29, 1.82) is 0 Å². The number of halogens is 6. The smallest absolute Gasteiger partial charge is 0.266 e. The van der Waals surface area contributed by atoms with E-state index in [4.69, 9.17) is 0 Å². The Kier molecular flexibility index (Phi) is 3.62. The summed E-state index contributed by atoms with van der Waals surface area (Å²) in [4.78, 5) is 0. The minimum absolute atomic E-state index is 0.281. The number of nitrogens with zero attached hydrogens (tertiary/aromatic N) is 2. The van der Waals surface area contributed by atoms with E-state index in [-0.39, 0.29) is 10.0 Å². The zero-order valence-electron chi connectivity index (χ0n) is 9.18. The van der Waals surface area contributed by atoms with Crippen LogP contribution in [0, 0.1) is 11.6 Å². The highest BCUT2D eigenvalue weighted by Gasteiger charge is 2.36. The van der Waals surface area contributed by atoms with Crippen LogP contribution in [0.4, 0.5) is 22.0 Å². The molecule has 2 aromatic rings. The van der Waals surface area contributed by atoms with Gasteiger partial charge in [-0.25, -0.2) is 8.78 Å². The highest BCUT2D eigenvalue weighted by atomic mass is 79.9. The first-order valence-electron chi connectivity index (χ1n) is 5.02. The molecule has 0 aliphatic heterocycles. The first-order valence-corrected chi connectivity index (χ1v) is 5.81. The predicted octanol–water partition coefficient (Wildman–Crippen LogP) is 3.99. The van der Waals surface area contributed by atoms with Gasteiger partial charge in [0, 0.05) is 11.8 Å². The fraction of sp³-hybridized carbons (Fsp3) is 0.182. The molecule has 1 heterocycles. The highest BCUT2D eigenvalue weighted by Crippen LogP contribution is 2.33. The van der Waals surface area contributed by atoms with Crippen molar-refractivity contribution in [3.63, 3.8) is 0 Å². The second kappa shape index (κ2) is 4.92. The molecule has 0 aliphatic rings. The Labute approximate surface area is 113 Å². The maximum absolute atomic E-state index is 13.4. The van der Waals surface area contributed by atoms with Gasteiger partial charge in [0.05, 0.1) is 11.0 Å². The number of alkyl halides is 3. The molecule has 8 heteroatoms. The summed E-state index contributed by atoms with van der Waals surface area (Å²) in [5.41, 5.74) is -1.48. The van der Waals surface area contributed by atoms with Gasteiger partial charge in [-0.3, -0.25) is 4.68 Å². The molecule has 0 saturated heterocycles. The molecule has 0 atom stereocenters. The third-order valence-electron chi connectivity index (χ3n) is 2.37. The Morgan fingerprint density at radius 3 is 2.21 bits per heavy atom. The number of rotatable bonds is 2. The zero-order valence-corrected chi connectivity index (χ0v) is 10.8. The third kappa shape index (κ3) is 2.94. The van der Waals surface area contributed by atoms with Gasteiger partial charge in [-0.15, -0.1) is 0 Å². The zero-order chi connectivity index (χ0) is 14.2. The standard InChI is InChI=1S/C11H6BrF5N2/c12-7-5-19(18-10(7)11(15,16)17)4-6-8(13)2-1-3-9(6)14/h1-3,5H,4H2. The summed E-state index contributed by atoms with van der Waals surface area (Å²) in [6.07, 6.45) is -3.60. The van der Waals surface area contributed by atoms with Gasteiger partial charge in [0.1, 0.15) is 11.6 Å². The fourth-order valence-corrected chi connectivity index (χ4v) is 2.06. The second-order valence-electron chi connectivity index (χ2n) is 3.72. The lowest BCUT2D eigenvalue weighted by molar-refractivity contribution is -0.142. The van der Waals surface area contributed by atoms with Gasteiger partial charge < -0.3 is 0 Å². The summed E-state index contributed by atoms with van der Waals surface area (Å²) in [6, 6.07) is 3.23. The van der Waals surface area contributed by atoms with E-state index < -0.39 is 30.0 Å². The first-order chi connectivity index (χ1) is 8.79. The Hall–Kier alpha value is -1.44. The minimum Gasteiger partial charge on any atom is -0.266 e. The van der Waals surface area contributed by atoms with Crippen molar-refractivity contribution in [1.82, 2.24) is 9.78 Å². The summed E-state index contributed by atoms with van der Waals surface area (Å²) in [5, 5.41) is 3.27. The van der Waals surface area contributed by atoms with Gasteiger partial charge in [0.25, 0.3) is 0 Å². The van der Waals surface area contributed by atoms with Gasteiger partial charge >= 0.3 is 6.18 Å². The van der Waals surface area contributed by atoms with E-state index in [0.29, 0.717) is 0 Å². The Morgan fingerprint density at radius 1 is 1.16 bits per heavy atom. The van der Waals surface area contributed by atoms with Crippen LogP contribution in [0.15, 0.2) is 28.9 Å². The molecule has 2 nitrogen and oxygen atoms in total. The monoisotopic (exact) mass is 340 g/mol. The lowest BCUT2D eigenvalue weighted by Gasteiger charge is -2.05. The number of hydrogen-bond acceptors (Lipinski definition) is 1. The molecule has 2 rings (SSSR count). The molecule has 19 heavy (non-hydrogen) atoms. The van der Waals surface area contributed by atoms with E-state index in [0.717, 1.165) is 23.0 Å². The van der Waals surface area contributed by atoms with Crippen molar-refractivity contribution in [3.05, 3.63) is 51.8 Å². The molecule has 1 aromatic carbocycles. The van der Waals surface area contributed by atoms with E-state index in [1.165, 1.54) is 6.07 Å². The third-order valence-corrected chi connectivity index (χ3v) is 2.95. The molecule has 0 fully saturated rings. The van der Waals surface area contributed by atoms with Crippen molar-refractivity contribution < 1.29 is 22.0 Å². The van der Waals surface area contributed by atoms with Crippen LogP contribution in [0.1, 0.15) is 11.3 Å². The lowest BCUT2D eigenvalue weighted by atomic mass is 10.2. The average molecular weight is 341 g/mol.